The van der Waals surface area contributed by atoms with Gasteiger partial charge in [-0.15, -0.1) is 0 Å². The minimum atomic E-state index is -0.298. The predicted molar refractivity (Wildman–Crippen MR) is 123 cm³/mol. The second-order valence-electron chi connectivity index (χ2n) is 6.87. The van der Waals surface area contributed by atoms with Gasteiger partial charge in [0.25, 0.3) is 0 Å². The Bertz CT molecular complexity index is 1230. The van der Waals surface area contributed by atoms with Gasteiger partial charge in [0, 0.05) is 15.6 Å². The first kappa shape index (κ1) is 17.8. The van der Waals surface area contributed by atoms with Crippen molar-refractivity contribution in [3.63, 3.8) is 0 Å². The molecule has 4 aromatic rings. The van der Waals surface area contributed by atoms with Gasteiger partial charge >= 0.3 is 0 Å². The number of rotatable bonds is 3. The Morgan fingerprint density at radius 1 is 0.655 bits per heavy atom. The Labute approximate surface area is 178 Å². The minimum Gasteiger partial charge on any atom is -0.324 e. The number of fused-ring (bicyclic) bond motifs is 1. The van der Waals surface area contributed by atoms with E-state index < -0.39 is 0 Å². The molecule has 1 heterocycles. The summed E-state index contributed by atoms with van der Waals surface area (Å²) in [5.41, 5.74) is 3.15. The standard InChI is InChI=1S/C25H18BrN3/c26-21-16-15-17-9-7-8-14-20(17)22(21)25-28-23(18-10-3-1-4-11-18)27-24(29-25)19-12-5-2-6-13-19/h1-16,23H,(H,27,28,29). The van der Waals surface area contributed by atoms with Gasteiger partial charge in [-0.2, -0.15) is 0 Å². The van der Waals surface area contributed by atoms with E-state index in [0.29, 0.717) is 0 Å². The summed E-state index contributed by atoms with van der Waals surface area (Å²) < 4.78 is 1.00. The molecule has 3 nitrogen and oxygen atoms in total. The third kappa shape index (κ3) is 3.47. The van der Waals surface area contributed by atoms with E-state index >= 15 is 0 Å². The molecule has 1 atom stereocenters. The van der Waals surface area contributed by atoms with Crippen LogP contribution >= 0.6 is 15.9 Å². The Hall–Kier alpha value is -3.24. The largest absolute Gasteiger partial charge is 0.324 e. The van der Waals surface area contributed by atoms with E-state index in [4.69, 9.17) is 9.98 Å². The van der Waals surface area contributed by atoms with Crippen LogP contribution in [0.15, 0.2) is 112 Å². The van der Waals surface area contributed by atoms with Gasteiger partial charge in [0.05, 0.1) is 0 Å². The highest BCUT2D eigenvalue weighted by Gasteiger charge is 2.22. The lowest BCUT2D eigenvalue weighted by atomic mass is 10.0. The predicted octanol–water partition coefficient (Wildman–Crippen LogP) is 6.10. The van der Waals surface area contributed by atoms with Crippen molar-refractivity contribution >= 4 is 38.4 Å². The number of nitrogens with zero attached hydrogens (tertiary/aromatic N) is 2. The molecule has 4 heteroatoms. The summed E-state index contributed by atoms with van der Waals surface area (Å²) >= 11 is 3.74. The van der Waals surface area contributed by atoms with E-state index in [1.54, 1.807) is 0 Å². The lowest BCUT2D eigenvalue weighted by Crippen LogP contribution is -2.36. The molecule has 0 fully saturated rings. The fourth-order valence-electron chi connectivity index (χ4n) is 3.58. The van der Waals surface area contributed by atoms with Crippen molar-refractivity contribution in [2.45, 2.75) is 6.17 Å². The molecule has 0 saturated heterocycles. The lowest BCUT2D eigenvalue weighted by molar-refractivity contribution is 0.756. The van der Waals surface area contributed by atoms with E-state index in [-0.39, 0.29) is 6.17 Å². The first-order valence-electron chi connectivity index (χ1n) is 9.50. The second kappa shape index (κ2) is 7.64. The SMILES string of the molecule is Brc1ccc2ccccc2c1C1=NC(c2ccccc2)N=C(c2ccccc2)N1. The Morgan fingerprint density at radius 2 is 1.31 bits per heavy atom. The smallest absolute Gasteiger partial charge is 0.169 e. The average molecular weight is 440 g/mol. The molecular weight excluding hydrogens is 422 g/mol. The van der Waals surface area contributed by atoms with Crippen molar-refractivity contribution in [2.24, 2.45) is 9.98 Å². The molecule has 0 aliphatic carbocycles. The van der Waals surface area contributed by atoms with Gasteiger partial charge in [-0.25, -0.2) is 9.98 Å². The third-order valence-electron chi connectivity index (χ3n) is 5.00. The summed E-state index contributed by atoms with van der Waals surface area (Å²) in [6, 6.07) is 33.0. The van der Waals surface area contributed by atoms with Crippen molar-refractivity contribution in [1.29, 1.82) is 0 Å². The van der Waals surface area contributed by atoms with Gasteiger partial charge in [-0.05, 0) is 22.4 Å². The molecule has 0 spiro atoms. The van der Waals surface area contributed by atoms with Gasteiger partial charge in [0.2, 0.25) is 0 Å². The lowest BCUT2D eigenvalue weighted by Gasteiger charge is -2.23. The van der Waals surface area contributed by atoms with Gasteiger partial charge < -0.3 is 5.32 Å². The highest BCUT2D eigenvalue weighted by Crippen LogP contribution is 2.30. The van der Waals surface area contributed by atoms with E-state index in [1.807, 2.05) is 36.4 Å². The Morgan fingerprint density at radius 3 is 2.10 bits per heavy atom. The molecule has 1 aliphatic rings. The van der Waals surface area contributed by atoms with Crippen LogP contribution in [-0.4, -0.2) is 11.7 Å². The van der Waals surface area contributed by atoms with Crippen LogP contribution in [0, 0.1) is 0 Å². The first-order chi connectivity index (χ1) is 14.3. The second-order valence-corrected chi connectivity index (χ2v) is 7.73. The topological polar surface area (TPSA) is 36.8 Å². The zero-order chi connectivity index (χ0) is 19.6. The number of amidine groups is 2. The fourth-order valence-corrected chi connectivity index (χ4v) is 4.11. The van der Waals surface area contributed by atoms with E-state index in [0.717, 1.165) is 38.2 Å². The van der Waals surface area contributed by atoms with Crippen LogP contribution in [0.1, 0.15) is 22.9 Å². The van der Waals surface area contributed by atoms with Crippen molar-refractivity contribution in [1.82, 2.24) is 5.32 Å². The molecule has 4 aromatic carbocycles. The summed E-state index contributed by atoms with van der Waals surface area (Å²) in [7, 11) is 0. The number of halogens is 1. The van der Waals surface area contributed by atoms with Gasteiger partial charge in [-0.1, -0.05) is 107 Å². The molecular formula is C25H18BrN3. The molecule has 29 heavy (non-hydrogen) atoms. The molecule has 0 saturated carbocycles. The molecule has 0 radical (unpaired) electrons. The van der Waals surface area contributed by atoms with Gasteiger partial charge in [-0.3, -0.25) is 0 Å². The van der Waals surface area contributed by atoms with Gasteiger partial charge in [0.15, 0.2) is 6.17 Å². The summed E-state index contributed by atoms with van der Waals surface area (Å²) in [6.45, 7) is 0. The van der Waals surface area contributed by atoms with Crippen LogP contribution in [0.25, 0.3) is 10.8 Å². The van der Waals surface area contributed by atoms with Crippen LogP contribution in [0.2, 0.25) is 0 Å². The van der Waals surface area contributed by atoms with Crippen LogP contribution in [0.3, 0.4) is 0 Å². The molecule has 1 unspecified atom stereocenters. The number of hydrogen-bond acceptors (Lipinski definition) is 3. The maximum absolute atomic E-state index is 5.00. The van der Waals surface area contributed by atoms with Crippen molar-refractivity contribution in [2.75, 3.05) is 0 Å². The average Bonchev–Trinajstić information content (AvgIpc) is 2.80. The van der Waals surface area contributed by atoms with Crippen molar-refractivity contribution in [3.8, 4) is 0 Å². The maximum atomic E-state index is 5.00. The first-order valence-corrected chi connectivity index (χ1v) is 10.3. The molecule has 140 valence electrons. The fraction of sp³-hybridized carbons (Fsp3) is 0.0400. The van der Waals surface area contributed by atoms with E-state index in [1.165, 1.54) is 5.39 Å². The normalized spacial score (nSPS) is 16.1. The third-order valence-corrected chi connectivity index (χ3v) is 5.66. The zero-order valence-electron chi connectivity index (χ0n) is 15.6. The summed E-state index contributed by atoms with van der Waals surface area (Å²) in [6.07, 6.45) is -0.298. The molecule has 1 N–H and O–H groups in total. The summed E-state index contributed by atoms with van der Waals surface area (Å²) in [4.78, 5) is 9.91. The van der Waals surface area contributed by atoms with Crippen LogP contribution in [-0.2, 0) is 0 Å². The Balaban J connectivity index is 1.69. The minimum absolute atomic E-state index is 0.298. The van der Waals surface area contributed by atoms with Gasteiger partial charge in [0.1, 0.15) is 11.7 Å². The molecule has 0 aromatic heterocycles. The Kier molecular flexibility index (Phi) is 4.70. The zero-order valence-corrected chi connectivity index (χ0v) is 17.2. The molecule has 0 bridgehead atoms. The maximum Gasteiger partial charge on any atom is 0.169 e. The highest BCUT2D eigenvalue weighted by molar-refractivity contribution is 9.10. The van der Waals surface area contributed by atoms with Crippen LogP contribution in [0.5, 0.6) is 0 Å². The highest BCUT2D eigenvalue weighted by atomic mass is 79.9. The summed E-state index contributed by atoms with van der Waals surface area (Å²) in [5.74, 6) is 1.64. The van der Waals surface area contributed by atoms with Crippen molar-refractivity contribution in [3.05, 3.63) is 118 Å². The number of aliphatic imine (C=N–C) groups is 2. The molecule has 1 aliphatic heterocycles. The van der Waals surface area contributed by atoms with Crippen molar-refractivity contribution < 1.29 is 0 Å². The number of nitrogens with one attached hydrogen (secondary N) is 1. The molecule has 5 rings (SSSR count). The van der Waals surface area contributed by atoms with E-state index in [9.17, 15) is 0 Å². The van der Waals surface area contributed by atoms with Crippen LogP contribution < -0.4 is 5.32 Å². The van der Waals surface area contributed by atoms with E-state index in [2.05, 4.69) is 81.9 Å². The monoisotopic (exact) mass is 439 g/mol. The quantitative estimate of drug-likeness (QED) is 0.411. The van der Waals surface area contributed by atoms with Crippen LogP contribution in [0.4, 0.5) is 0 Å². The summed E-state index contributed by atoms with van der Waals surface area (Å²) in [5, 5.41) is 5.81. The number of hydrogen-bond donors (Lipinski definition) is 1. The number of benzene rings is 4. The molecule has 0 amide bonds.